The van der Waals surface area contributed by atoms with Crippen LogP contribution in [-0.2, 0) is 19.3 Å². The molecule has 1 aromatic heterocycles. The summed E-state index contributed by atoms with van der Waals surface area (Å²) >= 11 is 0. The Morgan fingerprint density at radius 1 is 1.12 bits per heavy atom. The first-order valence-electron chi connectivity index (χ1n) is 9.49. The third-order valence-electron chi connectivity index (χ3n) is 4.81. The Kier molecular flexibility index (Phi) is 6.67. The summed E-state index contributed by atoms with van der Waals surface area (Å²) in [6.07, 6.45) is -2.96. The molecule has 0 aliphatic carbocycles. The maximum Gasteiger partial charge on any atom is 0.416 e. The van der Waals surface area contributed by atoms with E-state index in [1.165, 1.54) is 18.2 Å². The number of hydrogen-bond donors (Lipinski definition) is 2. The predicted molar refractivity (Wildman–Crippen MR) is 122 cm³/mol. The van der Waals surface area contributed by atoms with Crippen LogP contribution in [0.1, 0.15) is 22.3 Å². The summed E-state index contributed by atoms with van der Waals surface area (Å²) in [6, 6.07) is 12.3. The van der Waals surface area contributed by atoms with Crippen LogP contribution in [0, 0.1) is 4.91 Å². The fourth-order valence-corrected chi connectivity index (χ4v) is 3.19. The van der Waals surface area contributed by atoms with E-state index in [0.717, 1.165) is 17.2 Å². The molecule has 1 heterocycles. The zero-order valence-corrected chi connectivity index (χ0v) is 17.0. The molecule has 6 nitrogen and oxygen atoms in total. The summed E-state index contributed by atoms with van der Waals surface area (Å²) in [7, 11) is 0. The Labute approximate surface area is 182 Å². The molecule has 0 amide bonds. The van der Waals surface area contributed by atoms with Gasteiger partial charge in [0.15, 0.2) is 0 Å². The number of aromatic nitrogens is 1. The molecule has 3 N–H and O–H groups in total. The average molecular weight is 439 g/mol. The van der Waals surface area contributed by atoms with Crippen LogP contribution < -0.4 is 11.1 Å². The first kappa shape index (κ1) is 22.7. The molecule has 0 bridgehead atoms. The van der Waals surface area contributed by atoms with Gasteiger partial charge in [-0.05, 0) is 53.7 Å². The second-order valence-corrected chi connectivity index (χ2v) is 6.90. The van der Waals surface area contributed by atoms with E-state index in [4.69, 9.17) is 5.73 Å². The fraction of sp³-hybridized carbons (Fsp3) is 0.130. The average Bonchev–Trinajstić information content (AvgIpc) is 2.78. The SMILES string of the molecule is C=Cc1cc(CNc2nc(-c3ccc(CN=O)c(C(F)(F)F)c3)ccc2N)ccc1N=C. The molecule has 9 heteroatoms. The number of nitrogens with zero attached hydrogens (tertiary/aromatic N) is 3. The number of aliphatic imine (C=N–C) groups is 1. The molecular weight excluding hydrogens is 419 g/mol. The largest absolute Gasteiger partial charge is 0.416 e. The van der Waals surface area contributed by atoms with Crippen LogP contribution >= 0.6 is 0 Å². The van der Waals surface area contributed by atoms with Crippen molar-refractivity contribution in [2.45, 2.75) is 19.3 Å². The van der Waals surface area contributed by atoms with Crippen molar-refractivity contribution in [3.63, 3.8) is 0 Å². The maximum atomic E-state index is 13.4. The lowest BCUT2D eigenvalue weighted by Crippen LogP contribution is -2.09. The van der Waals surface area contributed by atoms with Crippen molar-refractivity contribution in [3.05, 3.63) is 82.3 Å². The second kappa shape index (κ2) is 9.42. The van der Waals surface area contributed by atoms with Crippen molar-refractivity contribution in [1.82, 2.24) is 4.98 Å². The second-order valence-electron chi connectivity index (χ2n) is 6.90. The first-order valence-corrected chi connectivity index (χ1v) is 9.49. The molecule has 0 radical (unpaired) electrons. The van der Waals surface area contributed by atoms with Gasteiger partial charge in [0.1, 0.15) is 12.4 Å². The maximum absolute atomic E-state index is 13.4. The predicted octanol–water partition coefficient (Wildman–Crippen LogP) is 6.20. The van der Waals surface area contributed by atoms with Gasteiger partial charge in [0.25, 0.3) is 0 Å². The minimum absolute atomic E-state index is 0.194. The molecule has 0 aliphatic rings. The van der Waals surface area contributed by atoms with Crippen molar-refractivity contribution in [1.29, 1.82) is 0 Å². The van der Waals surface area contributed by atoms with Gasteiger partial charge in [-0.25, -0.2) is 4.98 Å². The minimum Gasteiger partial charge on any atom is -0.396 e. The Morgan fingerprint density at radius 3 is 2.56 bits per heavy atom. The van der Waals surface area contributed by atoms with Gasteiger partial charge in [-0.15, -0.1) is 0 Å². The highest BCUT2D eigenvalue weighted by Gasteiger charge is 2.33. The summed E-state index contributed by atoms with van der Waals surface area (Å²) in [5.41, 5.74) is 8.21. The van der Waals surface area contributed by atoms with E-state index >= 15 is 0 Å². The highest BCUT2D eigenvalue weighted by atomic mass is 19.4. The molecule has 164 valence electrons. The highest BCUT2D eigenvalue weighted by molar-refractivity contribution is 5.70. The number of nitrogen functional groups attached to an aromatic ring is 1. The number of anilines is 2. The highest BCUT2D eigenvalue weighted by Crippen LogP contribution is 2.35. The lowest BCUT2D eigenvalue weighted by atomic mass is 10.0. The Morgan fingerprint density at radius 2 is 1.91 bits per heavy atom. The molecular formula is C23H20F3N5O. The van der Waals surface area contributed by atoms with Crippen molar-refractivity contribution in [2.75, 3.05) is 11.1 Å². The van der Waals surface area contributed by atoms with Crippen LogP contribution in [0.25, 0.3) is 17.3 Å². The fourth-order valence-electron chi connectivity index (χ4n) is 3.19. The lowest BCUT2D eigenvalue weighted by molar-refractivity contribution is -0.138. The third kappa shape index (κ3) is 5.00. The molecule has 0 spiro atoms. The summed E-state index contributed by atoms with van der Waals surface area (Å²) in [5.74, 6) is 0.334. The number of rotatable bonds is 8. The third-order valence-corrected chi connectivity index (χ3v) is 4.81. The smallest absolute Gasteiger partial charge is 0.396 e. The molecule has 32 heavy (non-hydrogen) atoms. The number of alkyl halides is 3. The van der Waals surface area contributed by atoms with Gasteiger partial charge < -0.3 is 11.1 Å². The quantitative estimate of drug-likeness (QED) is 0.323. The van der Waals surface area contributed by atoms with Crippen molar-refractivity contribution < 1.29 is 13.2 Å². The molecule has 0 fully saturated rings. The zero-order chi connectivity index (χ0) is 23.3. The molecule has 3 aromatic rings. The summed E-state index contributed by atoms with van der Waals surface area (Å²) in [5, 5.41) is 5.69. The van der Waals surface area contributed by atoms with Crippen molar-refractivity contribution in [2.24, 2.45) is 10.2 Å². The Balaban J connectivity index is 1.90. The van der Waals surface area contributed by atoms with E-state index in [1.807, 2.05) is 18.2 Å². The standard InChI is InChI=1S/C23H20F3N5O/c1-3-15-10-14(4-8-20(15)28-2)12-29-22-19(27)7-9-21(31-22)16-5-6-17(13-30-32)18(11-16)23(24,25)26/h3-11H,1-2,12-13,27H2,(H,29,31). The molecule has 0 saturated heterocycles. The van der Waals surface area contributed by atoms with E-state index < -0.39 is 18.3 Å². The Hall–Kier alpha value is -4.01. The van der Waals surface area contributed by atoms with E-state index in [9.17, 15) is 18.1 Å². The number of hydrogen-bond acceptors (Lipinski definition) is 6. The summed E-state index contributed by atoms with van der Waals surface area (Å²) in [6.45, 7) is 7.08. The van der Waals surface area contributed by atoms with Gasteiger partial charge in [0.2, 0.25) is 0 Å². The van der Waals surface area contributed by atoms with Crippen molar-refractivity contribution >= 4 is 30.0 Å². The van der Waals surface area contributed by atoms with Crippen molar-refractivity contribution in [3.8, 4) is 11.3 Å². The van der Waals surface area contributed by atoms with E-state index in [2.05, 4.69) is 33.8 Å². The van der Waals surface area contributed by atoms with E-state index in [-0.39, 0.29) is 11.1 Å². The molecule has 2 aromatic carbocycles. The molecule has 0 unspecified atom stereocenters. The first-order chi connectivity index (χ1) is 15.3. The van der Waals surface area contributed by atoms with Gasteiger partial charge in [0, 0.05) is 12.1 Å². The van der Waals surface area contributed by atoms with Crippen LogP contribution in [-0.4, -0.2) is 11.7 Å². The Bertz CT molecular complexity index is 1170. The van der Waals surface area contributed by atoms with Crippen LogP contribution in [0.15, 0.2) is 65.3 Å². The van der Waals surface area contributed by atoms with Crippen LogP contribution in [0.3, 0.4) is 0 Å². The van der Waals surface area contributed by atoms with Gasteiger partial charge in [0.05, 0.1) is 22.6 Å². The number of nitrogens with one attached hydrogen (secondary N) is 1. The van der Waals surface area contributed by atoms with Crippen LogP contribution in [0.2, 0.25) is 0 Å². The molecule has 0 aliphatic heterocycles. The molecule has 0 atom stereocenters. The number of nitroso groups, excluding NO2 is 1. The molecule has 3 rings (SSSR count). The van der Waals surface area contributed by atoms with Gasteiger partial charge in [-0.1, -0.05) is 36.0 Å². The van der Waals surface area contributed by atoms with Gasteiger partial charge in [-0.3, -0.25) is 4.99 Å². The summed E-state index contributed by atoms with van der Waals surface area (Å²) in [4.78, 5) is 18.8. The van der Waals surface area contributed by atoms with E-state index in [1.54, 1.807) is 12.1 Å². The monoisotopic (exact) mass is 439 g/mol. The molecule has 0 saturated carbocycles. The number of benzene rings is 2. The van der Waals surface area contributed by atoms with Crippen LogP contribution in [0.5, 0.6) is 0 Å². The number of nitrogens with two attached hydrogens (primary N) is 1. The lowest BCUT2D eigenvalue weighted by Gasteiger charge is -2.14. The number of pyridine rings is 1. The topological polar surface area (TPSA) is 92.7 Å². The zero-order valence-electron chi connectivity index (χ0n) is 17.0. The normalized spacial score (nSPS) is 11.1. The van der Waals surface area contributed by atoms with Crippen LogP contribution in [0.4, 0.5) is 30.4 Å². The van der Waals surface area contributed by atoms with Gasteiger partial charge in [-0.2, -0.15) is 18.1 Å². The number of halogens is 3. The minimum atomic E-state index is -4.62. The van der Waals surface area contributed by atoms with Gasteiger partial charge >= 0.3 is 6.18 Å². The summed E-state index contributed by atoms with van der Waals surface area (Å²) < 4.78 is 40.3. The van der Waals surface area contributed by atoms with E-state index in [0.29, 0.717) is 29.4 Å².